The summed E-state index contributed by atoms with van der Waals surface area (Å²) in [6.45, 7) is 0.424. The van der Waals surface area contributed by atoms with E-state index in [-0.39, 0.29) is 17.6 Å². The third-order valence-corrected chi connectivity index (χ3v) is 5.48. The molecule has 0 aliphatic carbocycles. The van der Waals surface area contributed by atoms with Gasteiger partial charge in [-0.25, -0.2) is 5.43 Å². The van der Waals surface area contributed by atoms with E-state index in [1.165, 1.54) is 6.21 Å². The first-order chi connectivity index (χ1) is 15.6. The Morgan fingerprint density at radius 1 is 0.938 bits per heavy atom. The average Bonchev–Trinajstić information content (AvgIpc) is 3.09. The summed E-state index contributed by atoms with van der Waals surface area (Å²) in [7, 11) is 0. The maximum atomic E-state index is 12.9. The molecule has 0 saturated heterocycles. The van der Waals surface area contributed by atoms with Crippen molar-refractivity contribution in [2.75, 3.05) is 4.90 Å². The number of benzene rings is 4. The lowest BCUT2D eigenvalue weighted by molar-refractivity contribution is 0.0953. The minimum absolute atomic E-state index is 0.0119. The average molecular weight is 421 g/mol. The fourth-order valence-corrected chi connectivity index (χ4v) is 3.87. The van der Waals surface area contributed by atoms with Crippen molar-refractivity contribution in [2.24, 2.45) is 5.10 Å². The number of aromatic hydroxyl groups is 1. The molecule has 156 valence electrons. The summed E-state index contributed by atoms with van der Waals surface area (Å²) in [5.74, 6) is -0.175. The first-order valence-electron chi connectivity index (χ1n) is 10.2. The molecule has 0 aromatic heterocycles. The normalized spacial score (nSPS) is 12.6. The lowest BCUT2D eigenvalue weighted by Crippen LogP contribution is -2.26. The molecule has 5 rings (SSSR count). The highest BCUT2D eigenvalue weighted by Crippen LogP contribution is 2.37. The van der Waals surface area contributed by atoms with E-state index < -0.39 is 0 Å². The van der Waals surface area contributed by atoms with Crippen LogP contribution in [0.5, 0.6) is 5.75 Å². The standard InChI is InChI=1S/C26H19N3O3/c30-21-13-9-17(10-14-21)15-27-28-25(31)20-11-7-18(8-12-20)16-29-23-6-2-4-19-3-1-5-22(24(19)23)26(29)32/h1-15,30H,16H2,(H,28,31). The van der Waals surface area contributed by atoms with Crippen LogP contribution in [0.4, 0.5) is 5.69 Å². The van der Waals surface area contributed by atoms with Crippen LogP contribution in [0.15, 0.2) is 90.0 Å². The highest BCUT2D eigenvalue weighted by atomic mass is 16.3. The van der Waals surface area contributed by atoms with Crippen LogP contribution in [-0.2, 0) is 6.54 Å². The summed E-state index contributed by atoms with van der Waals surface area (Å²) < 4.78 is 0. The predicted octanol–water partition coefficient (Wildman–Crippen LogP) is 4.47. The second kappa shape index (κ2) is 8.00. The lowest BCUT2D eigenvalue weighted by Gasteiger charge is -2.18. The number of anilines is 1. The van der Waals surface area contributed by atoms with E-state index in [9.17, 15) is 14.7 Å². The summed E-state index contributed by atoms with van der Waals surface area (Å²) in [4.78, 5) is 27.1. The van der Waals surface area contributed by atoms with Gasteiger partial charge in [0.05, 0.1) is 18.4 Å². The molecule has 2 N–H and O–H groups in total. The molecule has 1 heterocycles. The number of rotatable bonds is 5. The molecule has 0 radical (unpaired) electrons. The molecule has 2 amide bonds. The van der Waals surface area contributed by atoms with Gasteiger partial charge >= 0.3 is 0 Å². The Hall–Kier alpha value is -4.45. The van der Waals surface area contributed by atoms with E-state index in [0.717, 1.165) is 33.2 Å². The van der Waals surface area contributed by atoms with E-state index in [1.807, 2.05) is 48.5 Å². The molecule has 6 nitrogen and oxygen atoms in total. The van der Waals surface area contributed by atoms with E-state index in [0.29, 0.717) is 12.1 Å². The Balaban J connectivity index is 1.27. The van der Waals surface area contributed by atoms with Gasteiger partial charge in [-0.15, -0.1) is 0 Å². The zero-order chi connectivity index (χ0) is 22.1. The Labute approximate surface area is 184 Å². The monoisotopic (exact) mass is 421 g/mol. The minimum Gasteiger partial charge on any atom is -0.508 e. The predicted molar refractivity (Wildman–Crippen MR) is 124 cm³/mol. The molecule has 0 unspecified atom stereocenters. The summed E-state index contributed by atoms with van der Waals surface area (Å²) in [5, 5.41) is 15.3. The Bertz CT molecular complexity index is 1350. The highest BCUT2D eigenvalue weighted by molar-refractivity contribution is 6.24. The fourth-order valence-electron chi connectivity index (χ4n) is 3.87. The van der Waals surface area contributed by atoms with Crippen LogP contribution in [0.2, 0.25) is 0 Å². The molecule has 0 spiro atoms. The molecule has 4 aromatic carbocycles. The van der Waals surface area contributed by atoms with Crippen molar-refractivity contribution in [1.82, 2.24) is 5.43 Å². The third kappa shape index (κ3) is 3.58. The van der Waals surface area contributed by atoms with E-state index >= 15 is 0 Å². The van der Waals surface area contributed by atoms with Gasteiger partial charge in [0, 0.05) is 16.5 Å². The number of amides is 2. The minimum atomic E-state index is -0.332. The zero-order valence-corrected chi connectivity index (χ0v) is 17.0. The van der Waals surface area contributed by atoms with Gasteiger partial charge in [0.25, 0.3) is 11.8 Å². The Kier molecular flexibility index (Phi) is 4.88. The Morgan fingerprint density at radius 3 is 2.41 bits per heavy atom. The number of hydrogen-bond acceptors (Lipinski definition) is 4. The van der Waals surface area contributed by atoms with Crippen molar-refractivity contribution < 1.29 is 14.7 Å². The van der Waals surface area contributed by atoms with Crippen molar-refractivity contribution in [3.8, 4) is 5.75 Å². The van der Waals surface area contributed by atoms with Crippen molar-refractivity contribution in [3.63, 3.8) is 0 Å². The molecule has 0 bridgehead atoms. The van der Waals surface area contributed by atoms with Gasteiger partial charge in [-0.3, -0.25) is 9.59 Å². The van der Waals surface area contributed by atoms with E-state index in [2.05, 4.69) is 10.5 Å². The highest BCUT2D eigenvalue weighted by Gasteiger charge is 2.29. The molecule has 0 saturated carbocycles. The second-order valence-corrected chi connectivity index (χ2v) is 7.56. The van der Waals surface area contributed by atoms with Crippen molar-refractivity contribution >= 4 is 34.5 Å². The third-order valence-electron chi connectivity index (χ3n) is 5.48. The SMILES string of the molecule is O=C(NN=Cc1ccc(O)cc1)c1ccc(CN2C(=O)c3cccc4cccc2c34)cc1. The van der Waals surface area contributed by atoms with E-state index in [4.69, 9.17) is 0 Å². The van der Waals surface area contributed by atoms with Crippen LogP contribution in [-0.4, -0.2) is 23.1 Å². The summed E-state index contributed by atoms with van der Waals surface area (Å²) >= 11 is 0. The topological polar surface area (TPSA) is 82.0 Å². The molecule has 6 heteroatoms. The summed E-state index contributed by atoms with van der Waals surface area (Å²) in [6, 6.07) is 25.3. The number of phenols is 1. The van der Waals surface area contributed by atoms with Crippen LogP contribution in [0.1, 0.15) is 31.8 Å². The second-order valence-electron chi connectivity index (χ2n) is 7.56. The Morgan fingerprint density at radius 2 is 1.66 bits per heavy atom. The molecule has 1 aliphatic heterocycles. The number of phenolic OH excluding ortho intramolecular Hbond substituents is 1. The van der Waals surface area contributed by atoms with E-state index in [1.54, 1.807) is 41.3 Å². The molecular formula is C26H19N3O3. The van der Waals surface area contributed by atoms with Crippen molar-refractivity contribution in [1.29, 1.82) is 0 Å². The largest absolute Gasteiger partial charge is 0.508 e. The van der Waals surface area contributed by atoms with Crippen LogP contribution >= 0.6 is 0 Å². The van der Waals surface area contributed by atoms with Gasteiger partial charge in [-0.2, -0.15) is 5.10 Å². The van der Waals surface area contributed by atoms with Gasteiger partial charge in [-0.1, -0.05) is 36.4 Å². The van der Waals surface area contributed by atoms with Crippen molar-refractivity contribution in [3.05, 3.63) is 107 Å². The maximum Gasteiger partial charge on any atom is 0.271 e. The molecular weight excluding hydrogens is 402 g/mol. The van der Waals surface area contributed by atoms with Crippen LogP contribution in [0, 0.1) is 0 Å². The zero-order valence-electron chi connectivity index (χ0n) is 17.0. The van der Waals surface area contributed by atoms with Crippen LogP contribution < -0.4 is 10.3 Å². The molecule has 1 aliphatic rings. The van der Waals surface area contributed by atoms with Crippen LogP contribution in [0.3, 0.4) is 0 Å². The van der Waals surface area contributed by atoms with Gasteiger partial charge in [0.2, 0.25) is 0 Å². The maximum absolute atomic E-state index is 12.9. The van der Waals surface area contributed by atoms with Gasteiger partial charge in [-0.05, 0) is 65.0 Å². The lowest BCUT2D eigenvalue weighted by atomic mass is 10.1. The van der Waals surface area contributed by atoms with Gasteiger partial charge < -0.3 is 10.0 Å². The first-order valence-corrected chi connectivity index (χ1v) is 10.2. The summed E-state index contributed by atoms with van der Waals surface area (Å²) in [6.07, 6.45) is 1.50. The number of hydrazone groups is 1. The number of nitrogens with one attached hydrogen (secondary N) is 1. The smallest absolute Gasteiger partial charge is 0.271 e. The molecule has 0 atom stereocenters. The molecule has 0 fully saturated rings. The van der Waals surface area contributed by atoms with Crippen molar-refractivity contribution in [2.45, 2.75) is 6.54 Å². The fraction of sp³-hybridized carbons (Fsp3) is 0.0385. The van der Waals surface area contributed by atoms with Gasteiger partial charge in [0.1, 0.15) is 5.75 Å². The number of carbonyl (C=O) groups is 2. The number of carbonyl (C=O) groups excluding carboxylic acids is 2. The molecule has 4 aromatic rings. The van der Waals surface area contributed by atoms with Gasteiger partial charge in [0.15, 0.2) is 0 Å². The first kappa shape index (κ1) is 19.5. The number of nitrogens with zero attached hydrogens (tertiary/aromatic N) is 2. The summed E-state index contributed by atoms with van der Waals surface area (Å²) in [5.41, 5.74) is 6.27. The quantitative estimate of drug-likeness (QED) is 0.368. The van der Waals surface area contributed by atoms with Crippen LogP contribution in [0.25, 0.3) is 10.8 Å². The molecule has 32 heavy (non-hydrogen) atoms. The number of hydrogen-bond donors (Lipinski definition) is 2.